The van der Waals surface area contributed by atoms with E-state index >= 15 is 0 Å². The summed E-state index contributed by atoms with van der Waals surface area (Å²) in [6, 6.07) is -0.325. The molecule has 120 valence electrons. The van der Waals surface area contributed by atoms with Crippen molar-refractivity contribution in [3.63, 3.8) is 0 Å². The maximum atomic E-state index is 12.2. The van der Waals surface area contributed by atoms with E-state index < -0.39 is 17.7 Å². The maximum absolute atomic E-state index is 12.2. The third-order valence-electron chi connectivity index (χ3n) is 3.45. The summed E-state index contributed by atoms with van der Waals surface area (Å²) in [6.45, 7) is 6.12. The lowest BCUT2D eigenvalue weighted by Crippen LogP contribution is -2.50. The van der Waals surface area contributed by atoms with E-state index in [2.05, 4.69) is 10.6 Å². The summed E-state index contributed by atoms with van der Waals surface area (Å²) in [4.78, 5) is 24.1. The van der Waals surface area contributed by atoms with Gasteiger partial charge in [0.05, 0.1) is 6.10 Å². The van der Waals surface area contributed by atoms with Gasteiger partial charge in [-0.25, -0.2) is 4.79 Å². The Balaban J connectivity index is 1.89. The Morgan fingerprint density at radius 2 is 2.00 bits per heavy atom. The van der Waals surface area contributed by atoms with Gasteiger partial charge in [-0.2, -0.15) is 0 Å². The van der Waals surface area contributed by atoms with Crippen LogP contribution in [0.3, 0.4) is 0 Å². The summed E-state index contributed by atoms with van der Waals surface area (Å²) in [6.07, 6.45) is 3.95. The Hall–Kier alpha value is -1.30. The molecule has 0 bridgehead atoms. The van der Waals surface area contributed by atoms with Crippen LogP contribution in [0, 0.1) is 0 Å². The molecule has 0 aromatic heterocycles. The van der Waals surface area contributed by atoms with Crippen molar-refractivity contribution in [2.45, 2.75) is 76.7 Å². The Labute approximate surface area is 125 Å². The number of hydrogen-bond acceptors (Lipinski definition) is 4. The van der Waals surface area contributed by atoms with Gasteiger partial charge in [-0.05, 0) is 46.5 Å². The summed E-state index contributed by atoms with van der Waals surface area (Å²) in [5.74, 6) is -0.140. The van der Waals surface area contributed by atoms with Crippen LogP contribution >= 0.6 is 0 Å². The summed E-state index contributed by atoms with van der Waals surface area (Å²) < 4.78 is 10.8. The Kier molecular flexibility index (Phi) is 5.08. The summed E-state index contributed by atoms with van der Waals surface area (Å²) in [7, 11) is 0. The normalized spacial score (nSPS) is 23.5. The molecule has 2 amide bonds. The van der Waals surface area contributed by atoms with Gasteiger partial charge in [-0.1, -0.05) is 0 Å². The standard InChI is InChI=1S/C15H26N2O4/c1-15(2,3)21-14(19)17-12(9-11-5-4-8-20-11)13(18)16-10-6-7-10/h10-12H,4-9H2,1-3H3,(H,16,18)(H,17,19)/t11?,12-/m0/s1. The zero-order valence-corrected chi connectivity index (χ0v) is 13.1. The van der Waals surface area contributed by atoms with Crippen molar-refractivity contribution in [3.05, 3.63) is 0 Å². The van der Waals surface area contributed by atoms with Crippen LogP contribution < -0.4 is 10.6 Å². The van der Waals surface area contributed by atoms with Gasteiger partial charge in [0.25, 0.3) is 0 Å². The number of carbonyl (C=O) groups excluding carboxylic acids is 2. The van der Waals surface area contributed by atoms with E-state index in [9.17, 15) is 9.59 Å². The van der Waals surface area contributed by atoms with E-state index in [1.54, 1.807) is 20.8 Å². The first-order valence-electron chi connectivity index (χ1n) is 7.75. The second kappa shape index (κ2) is 6.64. The van der Waals surface area contributed by atoms with Crippen molar-refractivity contribution < 1.29 is 19.1 Å². The number of alkyl carbamates (subject to hydrolysis) is 1. The fourth-order valence-corrected chi connectivity index (χ4v) is 2.30. The lowest BCUT2D eigenvalue weighted by Gasteiger charge is -2.24. The molecule has 2 aliphatic rings. The smallest absolute Gasteiger partial charge is 0.408 e. The molecule has 1 saturated carbocycles. The molecular formula is C15H26N2O4. The van der Waals surface area contributed by atoms with Crippen LogP contribution in [-0.4, -0.2) is 42.4 Å². The SMILES string of the molecule is CC(C)(C)OC(=O)N[C@@H](CC1CCCO1)C(=O)NC1CC1. The van der Waals surface area contributed by atoms with Gasteiger partial charge in [0.1, 0.15) is 11.6 Å². The van der Waals surface area contributed by atoms with E-state index in [1.807, 2.05) is 0 Å². The topological polar surface area (TPSA) is 76.7 Å². The van der Waals surface area contributed by atoms with E-state index in [0.29, 0.717) is 6.42 Å². The minimum atomic E-state index is -0.594. The first kappa shape index (κ1) is 16.1. The molecule has 1 aliphatic heterocycles. The van der Waals surface area contributed by atoms with Gasteiger partial charge in [-0.15, -0.1) is 0 Å². The third-order valence-corrected chi connectivity index (χ3v) is 3.45. The number of rotatable bonds is 5. The Morgan fingerprint density at radius 1 is 1.29 bits per heavy atom. The largest absolute Gasteiger partial charge is 0.444 e. The number of carbonyl (C=O) groups is 2. The van der Waals surface area contributed by atoms with Gasteiger partial charge in [-0.3, -0.25) is 4.79 Å². The molecule has 0 radical (unpaired) electrons. The van der Waals surface area contributed by atoms with E-state index in [-0.39, 0.29) is 18.1 Å². The zero-order chi connectivity index (χ0) is 15.5. The van der Waals surface area contributed by atoms with Gasteiger partial charge in [0.2, 0.25) is 5.91 Å². The summed E-state index contributed by atoms with van der Waals surface area (Å²) >= 11 is 0. The number of ether oxygens (including phenoxy) is 2. The highest BCUT2D eigenvalue weighted by Crippen LogP contribution is 2.21. The van der Waals surface area contributed by atoms with E-state index in [0.717, 1.165) is 32.3 Å². The van der Waals surface area contributed by atoms with Gasteiger partial charge < -0.3 is 20.1 Å². The van der Waals surface area contributed by atoms with Crippen LogP contribution in [0.25, 0.3) is 0 Å². The lowest BCUT2D eigenvalue weighted by atomic mass is 10.1. The van der Waals surface area contributed by atoms with Crippen LogP contribution in [0.4, 0.5) is 4.79 Å². The molecule has 0 spiro atoms. The molecule has 1 unspecified atom stereocenters. The molecule has 2 N–H and O–H groups in total. The van der Waals surface area contributed by atoms with E-state index in [4.69, 9.17) is 9.47 Å². The molecule has 2 rings (SSSR count). The summed E-state index contributed by atoms with van der Waals surface area (Å²) in [5.41, 5.74) is -0.578. The highest BCUT2D eigenvalue weighted by molar-refractivity contribution is 5.86. The number of nitrogens with one attached hydrogen (secondary N) is 2. The molecule has 6 heteroatoms. The third kappa shape index (κ3) is 5.91. The molecule has 1 saturated heterocycles. The second-order valence-corrected chi connectivity index (χ2v) is 6.85. The lowest BCUT2D eigenvalue weighted by molar-refractivity contribution is -0.124. The van der Waals surface area contributed by atoms with Crippen LogP contribution in [0.5, 0.6) is 0 Å². The molecule has 2 atom stereocenters. The highest BCUT2D eigenvalue weighted by atomic mass is 16.6. The predicted molar refractivity (Wildman–Crippen MR) is 77.9 cm³/mol. The first-order valence-corrected chi connectivity index (χ1v) is 7.75. The van der Waals surface area contributed by atoms with Crippen molar-refractivity contribution >= 4 is 12.0 Å². The average Bonchev–Trinajstić information content (AvgIpc) is 3.00. The van der Waals surface area contributed by atoms with Crippen LogP contribution in [-0.2, 0) is 14.3 Å². The minimum absolute atomic E-state index is 0.0369. The molecule has 6 nitrogen and oxygen atoms in total. The minimum Gasteiger partial charge on any atom is -0.444 e. The molecule has 0 aromatic carbocycles. The van der Waals surface area contributed by atoms with Crippen LogP contribution in [0.15, 0.2) is 0 Å². The first-order chi connectivity index (χ1) is 9.83. The second-order valence-electron chi connectivity index (χ2n) is 6.85. The molecular weight excluding hydrogens is 272 g/mol. The molecule has 21 heavy (non-hydrogen) atoms. The van der Waals surface area contributed by atoms with Crippen LogP contribution in [0.2, 0.25) is 0 Å². The Morgan fingerprint density at radius 3 is 2.52 bits per heavy atom. The van der Waals surface area contributed by atoms with Gasteiger partial charge in [0, 0.05) is 19.1 Å². The zero-order valence-electron chi connectivity index (χ0n) is 13.1. The fraction of sp³-hybridized carbons (Fsp3) is 0.867. The number of hydrogen-bond donors (Lipinski definition) is 2. The predicted octanol–water partition coefficient (Wildman–Crippen LogP) is 1.73. The van der Waals surface area contributed by atoms with Gasteiger partial charge >= 0.3 is 6.09 Å². The monoisotopic (exact) mass is 298 g/mol. The van der Waals surface area contributed by atoms with Crippen molar-refractivity contribution in [1.82, 2.24) is 10.6 Å². The van der Waals surface area contributed by atoms with Crippen LogP contribution in [0.1, 0.15) is 52.9 Å². The average molecular weight is 298 g/mol. The highest BCUT2D eigenvalue weighted by Gasteiger charge is 2.32. The van der Waals surface area contributed by atoms with Crippen molar-refractivity contribution in [1.29, 1.82) is 0 Å². The van der Waals surface area contributed by atoms with Crippen molar-refractivity contribution in [2.24, 2.45) is 0 Å². The van der Waals surface area contributed by atoms with Crippen molar-refractivity contribution in [2.75, 3.05) is 6.61 Å². The van der Waals surface area contributed by atoms with Crippen molar-refractivity contribution in [3.8, 4) is 0 Å². The summed E-state index contributed by atoms with van der Waals surface area (Å²) in [5, 5.41) is 5.61. The molecule has 2 fully saturated rings. The number of amides is 2. The molecule has 1 heterocycles. The Bertz CT molecular complexity index is 382. The van der Waals surface area contributed by atoms with Gasteiger partial charge in [0.15, 0.2) is 0 Å². The maximum Gasteiger partial charge on any atom is 0.408 e. The molecule has 0 aromatic rings. The molecule has 1 aliphatic carbocycles. The van der Waals surface area contributed by atoms with E-state index in [1.165, 1.54) is 0 Å². The quantitative estimate of drug-likeness (QED) is 0.810. The fourth-order valence-electron chi connectivity index (χ4n) is 2.30.